The van der Waals surface area contributed by atoms with Crippen molar-refractivity contribution in [1.29, 1.82) is 0 Å². The van der Waals surface area contributed by atoms with Crippen molar-refractivity contribution in [3.8, 4) is 11.4 Å². The summed E-state index contributed by atoms with van der Waals surface area (Å²) < 4.78 is 3.43. The first-order valence-electron chi connectivity index (χ1n) is 5.53. The van der Waals surface area contributed by atoms with Gasteiger partial charge in [-0.15, -0.1) is 0 Å². The lowest BCUT2D eigenvalue weighted by atomic mass is 10.2. The molecule has 0 aliphatic carbocycles. The van der Waals surface area contributed by atoms with E-state index in [-0.39, 0.29) is 6.61 Å². The van der Waals surface area contributed by atoms with Crippen LogP contribution in [0.2, 0.25) is 5.15 Å². The van der Waals surface area contributed by atoms with Crippen LogP contribution in [-0.2, 0) is 20.2 Å². The lowest BCUT2D eigenvalue weighted by Crippen LogP contribution is -2.00. The Balaban J connectivity index is 2.54. The Morgan fingerprint density at radius 2 is 2.24 bits per heavy atom. The minimum atomic E-state index is -0.122. The molecule has 92 valence electrons. The van der Waals surface area contributed by atoms with Crippen LogP contribution in [-0.4, -0.2) is 24.7 Å². The van der Waals surface area contributed by atoms with E-state index in [1.807, 2.05) is 13.1 Å². The number of halogens is 1. The molecule has 0 unspecified atom stereocenters. The number of hydrogen-bond acceptors (Lipinski definition) is 3. The predicted molar refractivity (Wildman–Crippen MR) is 65.7 cm³/mol. The molecule has 2 rings (SSSR count). The van der Waals surface area contributed by atoms with Gasteiger partial charge in [0.25, 0.3) is 0 Å². The molecule has 2 heterocycles. The topological polar surface area (TPSA) is 55.9 Å². The zero-order chi connectivity index (χ0) is 12.4. The average Bonchev–Trinajstić information content (AvgIpc) is 2.84. The Morgan fingerprint density at radius 1 is 1.47 bits per heavy atom. The van der Waals surface area contributed by atoms with Gasteiger partial charge in [-0.05, 0) is 12.5 Å². The Morgan fingerprint density at radius 3 is 2.76 bits per heavy atom. The second kappa shape index (κ2) is 4.89. The van der Waals surface area contributed by atoms with E-state index in [1.165, 1.54) is 0 Å². The first kappa shape index (κ1) is 12.1. The second-order valence-electron chi connectivity index (χ2n) is 3.84. The fraction of sp³-hybridized carbons (Fsp3) is 0.455. The normalized spacial score (nSPS) is 11.1. The van der Waals surface area contributed by atoms with Crippen LogP contribution in [0.1, 0.15) is 18.9 Å². The van der Waals surface area contributed by atoms with Gasteiger partial charge in [-0.3, -0.25) is 9.36 Å². The molecule has 6 heteroatoms. The summed E-state index contributed by atoms with van der Waals surface area (Å²) in [5, 5.41) is 18.4. The van der Waals surface area contributed by atoms with Crippen molar-refractivity contribution in [2.75, 3.05) is 0 Å². The van der Waals surface area contributed by atoms with Crippen LogP contribution < -0.4 is 0 Å². The summed E-state index contributed by atoms with van der Waals surface area (Å²) in [5.74, 6) is 0. The number of aliphatic hydroxyl groups excluding tert-OH is 1. The first-order valence-corrected chi connectivity index (χ1v) is 5.91. The van der Waals surface area contributed by atoms with E-state index in [9.17, 15) is 5.11 Å². The van der Waals surface area contributed by atoms with Gasteiger partial charge >= 0.3 is 0 Å². The van der Waals surface area contributed by atoms with Gasteiger partial charge in [-0.25, -0.2) is 0 Å². The molecular weight excluding hydrogens is 240 g/mol. The highest BCUT2D eigenvalue weighted by molar-refractivity contribution is 6.30. The standard InChI is InChI=1S/C11H15ClN4O/c1-3-6-16-11(12)8(7-17)10(14-16)9-4-5-13-15(9)2/h4-5,17H,3,6-7H2,1-2H3. The number of aromatic nitrogens is 4. The maximum atomic E-state index is 9.40. The van der Waals surface area contributed by atoms with E-state index >= 15 is 0 Å². The Labute approximate surface area is 105 Å². The highest BCUT2D eigenvalue weighted by atomic mass is 35.5. The monoisotopic (exact) mass is 254 g/mol. The third-order valence-electron chi connectivity index (χ3n) is 2.64. The lowest BCUT2D eigenvalue weighted by Gasteiger charge is -1.99. The van der Waals surface area contributed by atoms with Crippen LogP contribution in [0.25, 0.3) is 11.4 Å². The van der Waals surface area contributed by atoms with Crippen molar-refractivity contribution in [3.63, 3.8) is 0 Å². The zero-order valence-electron chi connectivity index (χ0n) is 9.89. The molecule has 0 aliphatic rings. The van der Waals surface area contributed by atoms with Gasteiger partial charge in [0.2, 0.25) is 0 Å². The van der Waals surface area contributed by atoms with E-state index in [0.29, 0.717) is 16.4 Å². The van der Waals surface area contributed by atoms with Crippen molar-refractivity contribution in [2.24, 2.45) is 7.05 Å². The molecule has 2 aromatic heterocycles. The van der Waals surface area contributed by atoms with Gasteiger partial charge < -0.3 is 5.11 Å². The third kappa shape index (κ3) is 2.08. The quantitative estimate of drug-likeness (QED) is 0.906. The summed E-state index contributed by atoms with van der Waals surface area (Å²) in [6.07, 6.45) is 2.64. The van der Waals surface area contributed by atoms with Crippen molar-refractivity contribution in [2.45, 2.75) is 26.5 Å². The molecular formula is C11H15ClN4O. The molecule has 2 aromatic rings. The smallest absolute Gasteiger partial charge is 0.133 e. The van der Waals surface area contributed by atoms with Gasteiger partial charge in [0.15, 0.2) is 0 Å². The molecule has 1 N–H and O–H groups in total. The van der Waals surface area contributed by atoms with Crippen LogP contribution in [0, 0.1) is 0 Å². The van der Waals surface area contributed by atoms with Crippen LogP contribution in [0.5, 0.6) is 0 Å². The van der Waals surface area contributed by atoms with Crippen molar-refractivity contribution >= 4 is 11.6 Å². The van der Waals surface area contributed by atoms with Crippen LogP contribution >= 0.6 is 11.6 Å². The van der Waals surface area contributed by atoms with E-state index < -0.39 is 0 Å². The Hall–Kier alpha value is -1.33. The van der Waals surface area contributed by atoms with Crippen LogP contribution in [0.3, 0.4) is 0 Å². The number of aryl methyl sites for hydroxylation is 2. The Kier molecular flexibility index (Phi) is 3.49. The molecule has 0 fully saturated rings. The van der Waals surface area contributed by atoms with Crippen LogP contribution in [0.15, 0.2) is 12.3 Å². The lowest BCUT2D eigenvalue weighted by molar-refractivity contribution is 0.282. The highest BCUT2D eigenvalue weighted by Gasteiger charge is 2.18. The Bertz CT molecular complexity index is 518. The van der Waals surface area contributed by atoms with Gasteiger partial charge in [0.1, 0.15) is 10.8 Å². The maximum Gasteiger partial charge on any atom is 0.133 e. The summed E-state index contributed by atoms with van der Waals surface area (Å²) in [6, 6.07) is 1.86. The molecule has 0 saturated heterocycles. The molecule has 0 atom stereocenters. The zero-order valence-corrected chi connectivity index (χ0v) is 10.6. The molecule has 17 heavy (non-hydrogen) atoms. The fourth-order valence-corrected chi connectivity index (χ4v) is 2.06. The van der Waals surface area contributed by atoms with Crippen molar-refractivity contribution in [1.82, 2.24) is 19.6 Å². The van der Waals surface area contributed by atoms with Crippen molar-refractivity contribution < 1.29 is 5.11 Å². The van der Waals surface area contributed by atoms with Crippen molar-refractivity contribution in [3.05, 3.63) is 23.0 Å². The first-order chi connectivity index (χ1) is 8.19. The summed E-state index contributed by atoms with van der Waals surface area (Å²) in [7, 11) is 1.84. The number of aliphatic hydroxyl groups is 1. The van der Waals surface area contributed by atoms with E-state index in [2.05, 4.69) is 17.1 Å². The molecule has 0 bridgehead atoms. The molecule has 0 spiro atoms. The van der Waals surface area contributed by atoms with Crippen LogP contribution in [0.4, 0.5) is 0 Å². The van der Waals surface area contributed by atoms with Gasteiger partial charge in [0.05, 0.1) is 12.3 Å². The maximum absolute atomic E-state index is 9.40. The van der Waals surface area contributed by atoms with E-state index in [0.717, 1.165) is 18.7 Å². The summed E-state index contributed by atoms with van der Waals surface area (Å²) in [6.45, 7) is 2.67. The number of rotatable bonds is 4. The van der Waals surface area contributed by atoms with E-state index in [1.54, 1.807) is 15.6 Å². The van der Waals surface area contributed by atoms with Gasteiger partial charge in [-0.2, -0.15) is 10.2 Å². The van der Waals surface area contributed by atoms with Gasteiger partial charge in [-0.1, -0.05) is 18.5 Å². The number of nitrogens with zero attached hydrogens (tertiary/aromatic N) is 4. The SMILES string of the molecule is CCCn1nc(-c2ccnn2C)c(CO)c1Cl. The summed E-state index contributed by atoms with van der Waals surface area (Å²) >= 11 is 6.19. The summed E-state index contributed by atoms with van der Waals surface area (Å²) in [5.41, 5.74) is 2.21. The fourth-order valence-electron chi connectivity index (χ4n) is 1.79. The number of hydrogen-bond donors (Lipinski definition) is 1. The molecule has 0 aromatic carbocycles. The van der Waals surface area contributed by atoms with Gasteiger partial charge in [0, 0.05) is 25.4 Å². The largest absolute Gasteiger partial charge is 0.391 e. The second-order valence-corrected chi connectivity index (χ2v) is 4.20. The summed E-state index contributed by atoms with van der Waals surface area (Å²) in [4.78, 5) is 0. The molecule has 0 saturated carbocycles. The molecule has 5 nitrogen and oxygen atoms in total. The molecule has 0 radical (unpaired) electrons. The predicted octanol–water partition coefficient (Wildman–Crippen LogP) is 1.84. The average molecular weight is 255 g/mol. The van der Waals surface area contributed by atoms with E-state index in [4.69, 9.17) is 11.6 Å². The highest BCUT2D eigenvalue weighted by Crippen LogP contribution is 2.28. The minimum absolute atomic E-state index is 0.122. The minimum Gasteiger partial charge on any atom is -0.391 e. The molecule has 0 amide bonds. The third-order valence-corrected chi connectivity index (χ3v) is 3.06. The molecule has 0 aliphatic heterocycles.